The van der Waals surface area contributed by atoms with E-state index in [1.165, 1.54) is 35.6 Å². The summed E-state index contributed by atoms with van der Waals surface area (Å²) in [5.74, 6) is 0.375. The Hall–Kier alpha value is -2.20. The molecule has 0 fully saturated rings. The van der Waals surface area contributed by atoms with Crippen LogP contribution in [0.4, 0.5) is 5.13 Å². The molecule has 10 heteroatoms. The SMILES string of the molecule is COc1ccc2nc(NC(=O)CCNS(=O)(=O)c3ccc(Cl)cc3)sc2c1. The Morgan fingerprint density at radius 3 is 2.67 bits per heavy atom. The maximum Gasteiger partial charge on any atom is 0.240 e. The molecule has 142 valence electrons. The van der Waals surface area contributed by atoms with Crippen molar-refractivity contribution >= 4 is 54.2 Å². The minimum Gasteiger partial charge on any atom is -0.497 e. The van der Waals surface area contributed by atoms with Crippen LogP contribution < -0.4 is 14.8 Å². The van der Waals surface area contributed by atoms with Gasteiger partial charge < -0.3 is 10.1 Å². The molecule has 1 amide bonds. The number of carbonyl (C=O) groups is 1. The lowest BCUT2D eigenvalue weighted by atomic mass is 10.3. The predicted octanol–water partition coefficient (Wildman–Crippen LogP) is 3.27. The molecule has 1 aromatic heterocycles. The molecule has 0 atom stereocenters. The number of methoxy groups -OCH3 is 1. The Kier molecular flexibility index (Phi) is 5.95. The maximum atomic E-state index is 12.2. The van der Waals surface area contributed by atoms with Crippen molar-refractivity contribution in [2.24, 2.45) is 0 Å². The monoisotopic (exact) mass is 425 g/mol. The van der Waals surface area contributed by atoms with E-state index in [0.717, 1.165) is 10.2 Å². The molecule has 3 rings (SSSR count). The van der Waals surface area contributed by atoms with Crippen molar-refractivity contribution in [2.75, 3.05) is 19.0 Å². The minimum atomic E-state index is -3.69. The molecule has 2 N–H and O–H groups in total. The molecule has 2 aromatic carbocycles. The highest BCUT2D eigenvalue weighted by Gasteiger charge is 2.14. The average Bonchev–Trinajstić information content (AvgIpc) is 3.02. The number of benzene rings is 2. The van der Waals surface area contributed by atoms with Gasteiger partial charge in [-0.25, -0.2) is 18.1 Å². The summed E-state index contributed by atoms with van der Waals surface area (Å²) in [6.45, 7) is -0.0322. The number of hydrogen-bond donors (Lipinski definition) is 2. The zero-order valence-electron chi connectivity index (χ0n) is 14.2. The topological polar surface area (TPSA) is 97.4 Å². The molecule has 0 spiro atoms. The van der Waals surface area contributed by atoms with Crippen LogP contribution in [0.25, 0.3) is 10.2 Å². The van der Waals surface area contributed by atoms with Gasteiger partial charge in [0.1, 0.15) is 5.75 Å². The van der Waals surface area contributed by atoms with Gasteiger partial charge in [-0.3, -0.25) is 4.79 Å². The normalized spacial score (nSPS) is 11.5. The van der Waals surface area contributed by atoms with Crippen LogP contribution in [-0.4, -0.2) is 33.0 Å². The highest BCUT2D eigenvalue weighted by atomic mass is 35.5. The van der Waals surface area contributed by atoms with Crippen LogP contribution >= 0.6 is 22.9 Å². The Morgan fingerprint density at radius 2 is 1.96 bits per heavy atom. The molecule has 0 saturated heterocycles. The summed E-state index contributed by atoms with van der Waals surface area (Å²) in [6, 6.07) is 11.2. The van der Waals surface area contributed by atoms with Gasteiger partial charge in [-0.2, -0.15) is 0 Å². The second kappa shape index (κ2) is 8.22. The summed E-state index contributed by atoms with van der Waals surface area (Å²) in [6.07, 6.45) is -0.0218. The number of nitrogens with one attached hydrogen (secondary N) is 2. The molecule has 0 aliphatic rings. The second-order valence-electron chi connectivity index (χ2n) is 5.50. The number of nitrogens with zero attached hydrogens (tertiary/aromatic N) is 1. The predicted molar refractivity (Wildman–Crippen MR) is 106 cm³/mol. The molecule has 1 heterocycles. The van der Waals surface area contributed by atoms with E-state index < -0.39 is 10.0 Å². The summed E-state index contributed by atoms with van der Waals surface area (Å²) >= 11 is 7.07. The second-order valence-corrected chi connectivity index (χ2v) is 8.74. The van der Waals surface area contributed by atoms with Gasteiger partial charge in [0.15, 0.2) is 5.13 Å². The molecule has 0 aliphatic heterocycles. The summed E-state index contributed by atoms with van der Waals surface area (Å²) in [7, 11) is -2.11. The number of amides is 1. The molecule has 7 nitrogen and oxygen atoms in total. The molecule has 3 aromatic rings. The van der Waals surface area contributed by atoms with Crippen molar-refractivity contribution in [3.05, 3.63) is 47.5 Å². The highest BCUT2D eigenvalue weighted by molar-refractivity contribution is 7.89. The van der Waals surface area contributed by atoms with Crippen LogP contribution in [0.1, 0.15) is 6.42 Å². The number of rotatable bonds is 7. The largest absolute Gasteiger partial charge is 0.497 e. The van der Waals surface area contributed by atoms with E-state index in [-0.39, 0.29) is 23.8 Å². The van der Waals surface area contributed by atoms with E-state index in [0.29, 0.717) is 15.9 Å². The van der Waals surface area contributed by atoms with E-state index in [4.69, 9.17) is 16.3 Å². The summed E-state index contributed by atoms with van der Waals surface area (Å²) < 4.78 is 32.7. The first-order valence-corrected chi connectivity index (χ1v) is 10.5. The third-order valence-electron chi connectivity index (χ3n) is 3.61. The van der Waals surface area contributed by atoms with Gasteiger partial charge in [0, 0.05) is 18.0 Å². The zero-order valence-corrected chi connectivity index (χ0v) is 16.6. The van der Waals surface area contributed by atoms with Crippen molar-refractivity contribution < 1.29 is 17.9 Å². The van der Waals surface area contributed by atoms with E-state index in [1.54, 1.807) is 19.2 Å². The highest BCUT2D eigenvalue weighted by Crippen LogP contribution is 2.29. The van der Waals surface area contributed by atoms with Gasteiger partial charge >= 0.3 is 0 Å². The quantitative estimate of drug-likeness (QED) is 0.605. The molecular weight excluding hydrogens is 410 g/mol. The first-order valence-electron chi connectivity index (χ1n) is 7.87. The van der Waals surface area contributed by atoms with Crippen LogP contribution in [0.2, 0.25) is 5.02 Å². The fraction of sp³-hybridized carbons (Fsp3) is 0.176. The number of sulfonamides is 1. The third-order valence-corrected chi connectivity index (χ3v) is 6.27. The average molecular weight is 426 g/mol. The van der Waals surface area contributed by atoms with Crippen LogP contribution in [0.3, 0.4) is 0 Å². The number of fused-ring (bicyclic) bond motifs is 1. The van der Waals surface area contributed by atoms with Crippen LogP contribution in [-0.2, 0) is 14.8 Å². The maximum absolute atomic E-state index is 12.2. The lowest BCUT2D eigenvalue weighted by Crippen LogP contribution is -2.27. The van der Waals surface area contributed by atoms with Gasteiger partial charge in [-0.15, -0.1) is 0 Å². The number of anilines is 1. The van der Waals surface area contributed by atoms with E-state index in [9.17, 15) is 13.2 Å². The first-order chi connectivity index (χ1) is 12.9. The molecule has 0 saturated carbocycles. The fourth-order valence-electron chi connectivity index (χ4n) is 2.26. The van der Waals surface area contributed by atoms with Crippen molar-refractivity contribution in [2.45, 2.75) is 11.3 Å². The van der Waals surface area contributed by atoms with Gasteiger partial charge in [0.2, 0.25) is 15.9 Å². The standard InChI is InChI=1S/C17H16ClN3O4S2/c1-25-12-4-7-14-15(10-12)26-17(20-14)21-16(22)8-9-19-27(23,24)13-5-2-11(18)3-6-13/h2-7,10,19H,8-9H2,1H3,(H,20,21,22). The third kappa shape index (κ3) is 4.95. The van der Waals surface area contributed by atoms with Gasteiger partial charge in [-0.05, 0) is 42.5 Å². The Morgan fingerprint density at radius 1 is 1.22 bits per heavy atom. The van der Waals surface area contributed by atoms with Crippen molar-refractivity contribution in [3.63, 3.8) is 0 Å². The van der Waals surface area contributed by atoms with Crippen molar-refractivity contribution in [1.29, 1.82) is 0 Å². The fourth-order valence-corrected chi connectivity index (χ4v) is 4.33. The van der Waals surface area contributed by atoms with Gasteiger partial charge in [-0.1, -0.05) is 22.9 Å². The van der Waals surface area contributed by atoms with Gasteiger partial charge in [0.05, 0.1) is 22.2 Å². The van der Waals surface area contributed by atoms with Gasteiger partial charge in [0.25, 0.3) is 0 Å². The number of aromatic nitrogens is 1. The Balaban J connectivity index is 1.56. The number of hydrogen-bond acceptors (Lipinski definition) is 6. The van der Waals surface area contributed by atoms with E-state index >= 15 is 0 Å². The van der Waals surface area contributed by atoms with Crippen molar-refractivity contribution in [3.8, 4) is 5.75 Å². The molecular formula is C17H16ClN3O4S2. The zero-order chi connectivity index (χ0) is 19.4. The number of thiazole rings is 1. The smallest absolute Gasteiger partial charge is 0.240 e. The Bertz CT molecular complexity index is 1070. The number of halogens is 1. The lowest BCUT2D eigenvalue weighted by Gasteiger charge is -2.06. The van der Waals surface area contributed by atoms with E-state index in [1.807, 2.05) is 6.07 Å². The van der Waals surface area contributed by atoms with Crippen LogP contribution in [0, 0.1) is 0 Å². The molecule has 0 bridgehead atoms. The van der Waals surface area contributed by atoms with E-state index in [2.05, 4.69) is 15.0 Å². The minimum absolute atomic E-state index is 0.0218. The number of ether oxygens (including phenoxy) is 1. The number of carbonyl (C=O) groups excluding carboxylic acids is 1. The molecule has 0 unspecified atom stereocenters. The lowest BCUT2D eigenvalue weighted by molar-refractivity contribution is -0.116. The summed E-state index contributed by atoms with van der Waals surface area (Å²) in [5, 5.41) is 3.57. The molecule has 27 heavy (non-hydrogen) atoms. The molecule has 0 aliphatic carbocycles. The van der Waals surface area contributed by atoms with Crippen LogP contribution in [0.15, 0.2) is 47.4 Å². The molecule has 0 radical (unpaired) electrons. The summed E-state index contributed by atoms with van der Waals surface area (Å²) in [4.78, 5) is 16.5. The summed E-state index contributed by atoms with van der Waals surface area (Å²) in [5.41, 5.74) is 0.750. The van der Waals surface area contributed by atoms with Crippen LogP contribution in [0.5, 0.6) is 5.75 Å². The first kappa shape index (κ1) is 19.6. The Labute approximate surface area is 165 Å². The van der Waals surface area contributed by atoms with Crippen molar-refractivity contribution in [1.82, 2.24) is 9.71 Å².